The summed E-state index contributed by atoms with van der Waals surface area (Å²) in [5, 5.41) is 10.4. The number of aliphatic carboxylic acids is 1. The fourth-order valence-electron chi connectivity index (χ4n) is 0.359. The average Bonchev–Trinajstić information content (AvgIpc) is 1.87. The van der Waals surface area contributed by atoms with E-state index in [0.29, 0.717) is 0 Å². The van der Waals surface area contributed by atoms with Crippen molar-refractivity contribution in [2.75, 3.05) is 7.02 Å². The summed E-state index contributed by atoms with van der Waals surface area (Å²) in [6, 6.07) is -1.18. The lowest BCUT2D eigenvalue weighted by atomic mass is 10.2. The highest BCUT2D eigenvalue weighted by Gasteiger charge is 2.14. The number of carbonyl (C=O) groups is 2. The van der Waals surface area contributed by atoms with Crippen LogP contribution in [-0.4, -0.2) is 30.0 Å². The van der Waals surface area contributed by atoms with E-state index in [1.165, 1.54) is 0 Å². The molecule has 0 radical (unpaired) electrons. The molecule has 58 valence electrons. The molecule has 0 saturated carbocycles. The highest BCUT2D eigenvalue weighted by Crippen LogP contribution is 1.86. The molecule has 0 unspecified atom stereocenters. The molecular weight excluding hydrogens is 136 g/mol. The van der Waals surface area contributed by atoms with Gasteiger partial charge in [0.15, 0.2) is 0 Å². The van der Waals surface area contributed by atoms with E-state index in [4.69, 9.17) is 12.2 Å². The molecule has 0 fully saturated rings. The van der Waals surface area contributed by atoms with Crippen molar-refractivity contribution < 1.29 is 16.1 Å². The summed E-state index contributed by atoms with van der Waals surface area (Å²) >= 11 is 0. The van der Waals surface area contributed by atoms with E-state index < -0.39 is 17.9 Å². The molecule has 0 rings (SSSR count). The lowest BCUT2D eigenvalue weighted by Crippen LogP contribution is -2.35. The number of amides is 1. The van der Waals surface area contributed by atoms with Gasteiger partial charge >= 0.3 is 5.97 Å². The first-order valence-electron chi connectivity index (χ1n) is 3.33. The number of hydrogen-bond acceptors (Lipinski definition) is 3. The number of nitrogens with two attached hydrogens (primary N) is 1. The van der Waals surface area contributed by atoms with Gasteiger partial charge in [0.2, 0.25) is 5.91 Å². The highest BCUT2D eigenvalue weighted by molar-refractivity contribution is 5.83. The molecule has 1 atom stereocenters. The Kier molecular flexibility index (Phi) is 2.69. The van der Waals surface area contributed by atoms with Gasteiger partial charge in [0.05, 0.1) is 6.42 Å². The molecule has 0 aromatic heterocycles. The monoisotopic (exact) mass is 147 g/mol. The molecule has 0 aromatic rings. The molecule has 0 bridgehead atoms. The normalized spacial score (nSPS) is 13.5. The molecule has 5 heteroatoms. The van der Waals surface area contributed by atoms with Gasteiger partial charge in [-0.15, -0.1) is 0 Å². The van der Waals surface area contributed by atoms with Crippen molar-refractivity contribution in [3.05, 3.63) is 0 Å². The summed E-state index contributed by atoms with van der Waals surface area (Å²) in [6.07, 6.45) is -0.284. The Bertz CT molecular complexity index is 162. The molecule has 0 aliphatic carbocycles. The van der Waals surface area contributed by atoms with Crippen LogP contribution in [0.15, 0.2) is 0 Å². The van der Waals surface area contributed by atoms with Crippen molar-refractivity contribution in [3.63, 3.8) is 0 Å². The van der Waals surface area contributed by atoms with E-state index in [1.807, 2.05) is 0 Å². The molecular formula is C5H10N2O3. The van der Waals surface area contributed by atoms with Gasteiger partial charge in [-0.2, -0.15) is 0 Å². The molecule has 0 saturated heterocycles. The third-order valence-electron chi connectivity index (χ3n) is 0.920. The van der Waals surface area contributed by atoms with Crippen LogP contribution in [0.5, 0.6) is 0 Å². The zero-order valence-electron chi connectivity index (χ0n) is 6.33. The van der Waals surface area contributed by atoms with E-state index in [2.05, 4.69) is 5.32 Å². The van der Waals surface area contributed by atoms with Crippen LogP contribution >= 0.6 is 0 Å². The van der Waals surface area contributed by atoms with Gasteiger partial charge in [0.1, 0.15) is 6.04 Å². The van der Waals surface area contributed by atoms with Gasteiger partial charge in [-0.25, -0.2) is 0 Å². The number of nitrogens with one attached hydrogen (secondary N) is 1. The third kappa shape index (κ3) is 3.03. The van der Waals surface area contributed by atoms with Crippen LogP contribution in [0.3, 0.4) is 0 Å². The van der Waals surface area contributed by atoms with Gasteiger partial charge in [0, 0.05) is 8.39 Å². The zero-order valence-corrected chi connectivity index (χ0v) is 5.33. The Balaban J connectivity index is 3.66. The fraction of sp³-hybridized carbons (Fsp3) is 0.600. The van der Waals surface area contributed by atoms with Gasteiger partial charge in [-0.1, -0.05) is 0 Å². The quantitative estimate of drug-likeness (QED) is 0.454. The van der Waals surface area contributed by atoms with E-state index in [9.17, 15) is 9.59 Å². The van der Waals surface area contributed by atoms with E-state index in [1.54, 1.807) is 0 Å². The van der Waals surface area contributed by atoms with Crippen molar-refractivity contribution in [2.24, 2.45) is 5.73 Å². The first-order chi connectivity index (χ1) is 5.07. The Morgan fingerprint density at radius 1 is 1.90 bits per heavy atom. The summed E-state index contributed by atoms with van der Waals surface area (Å²) in [5.41, 5.74) is 5.03. The van der Waals surface area contributed by atoms with Crippen LogP contribution in [0.2, 0.25) is 0 Å². The topological polar surface area (TPSA) is 92.4 Å². The fourth-order valence-corrected chi connectivity index (χ4v) is 0.359. The van der Waals surface area contributed by atoms with Crippen LogP contribution in [0.4, 0.5) is 0 Å². The summed E-state index contributed by atoms with van der Waals surface area (Å²) in [7, 11) is -0.259. The second kappa shape index (κ2) is 3.84. The molecule has 0 aliphatic heterocycles. The Hall–Kier alpha value is -1.10. The standard InChI is InChI=1S/C5H10N2O3/c1-7-4(8)2-3(6)5(9)10/h3H,2,6H2,1H3,(H,7,8)(H,9,10)/t3-/m0/s1/i1D. The number of hydrogen-bond donors (Lipinski definition) is 3. The number of carboxylic acids is 1. The minimum absolute atomic E-state index is 0.259. The number of rotatable bonds is 3. The predicted molar refractivity (Wildman–Crippen MR) is 34.3 cm³/mol. The first-order valence-corrected chi connectivity index (χ1v) is 2.62. The van der Waals surface area contributed by atoms with Gasteiger partial charge in [-0.3, -0.25) is 9.59 Å². The molecule has 0 heterocycles. The molecule has 0 aliphatic rings. The van der Waals surface area contributed by atoms with Crippen molar-refractivity contribution in [2.45, 2.75) is 12.5 Å². The molecule has 0 spiro atoms. The Morgan fingerprint density at radius 2 is 2.50 bits per heavy atom. The van der Waals surface area contributed by atoms with Crippen molar-refractivity contribution in [1.82, 2.24) is 5.32 Å². The number of carboxylic acid groups (broad SMARTS) is 1. The zero-order chi connectivity index (χ0) is 8.85. The maximum atomic E-state index is 10.6. The molecule has 4 N–H and O–H groups in total. The smallest absolute Gasteiger partial charge is 0.321 e. The van der Waals surface area contributed by atoms with E-state index in [-0.39, 0.29) is 13.4 Å². The molecule has 10 heavy (non-hydrogen) atoms. The van der Waals surface area contributed by atoms with Crippen molar-refractivity contribution in [3.8, 4) is 0 Å². The Labute approximate surface area is 59.6 Å². The SMILES string of the molecule is [2H]CNC(=O)C[C@H](N)C(=O)O. The average molecular weight is 147 g/mol. The van der Waals surface area contributed by atoms with Crippen LogP contribution in [-0.2, 0) is 9.59 Å². The maximum Gasteiger partial charge on any atom is 0.321 e. The third-order valence-corrected chi connectivity index (χ3v) is 0.920. The van der Waals surface area contributed by atoms with Crippen molar-refractivity contribution in [1.29, 1.82) is 0 Å². The second-order valence-corrected chi connectivity index (χ2v) is 1.75. The summed E-state index contributed by atoms with van der Waals surface area (Å²) < 4.78 is 6.56. The van der Waals surface area contributed by atoms with Crippen LogP contribution < -0.4 is 11.1 Å². The summed E-state index contributed by atoms with van der Waals surface area (Å²) in [4.78, 5) is 20.7. The molecule has 1 amide bonds. The first kappa shape index (κ1) is 7.01. The molecule has 0 aromatic carbocycles. The highest BCUT2D eigenvalue weighted by atomic mass is 16.4. The van der Waals surface area contributed by atoms with E-state index >= 15 is 0 Å². The van der Waals surface area contributed by atoms with Gasteiger partial charge in [-0.05, 0) is 0 Å². The largest absolute Gasteiger partial charge is 0.480 e. The van der Waals surface area contributed by atoms with Crippen LogP contribution in [0.25, 0.3) is 0 Å². The summed E-state index contributed by atoms with van der Waals surface area (Å²) in [5.74, 6) is -1.74. The predicted octanol–water partition coefficient (Wildman–Crippen LogP) is -1.47. The minimum atomic E-state index is -1.22. The maximum absolute atomic E-state index is 10.6. The minimum Gasteiger partial charge on any atom is -0.480 e. The van der Waals surface area contributed by atoms with Crippen molar-refractivity contribution >= 4 is 11.9 Å². The van der Waals surface area contributed by atoms with Crippen LogP contribution in [0, 0.1) is 0 Å². The lowest BCUT2D eigenvalue weighted by molar-refractivity contribution is -0.140. The summed E-state index contributed by atoms with van der Waals surface area (Å²) in [6.45, 7) is 0. The lowest BCUT2D eigenvalue weighted by Gasteiger charge is -2.03. The number of carbonyl (C=O) groups excluding carboxylic acids is 1. The van der Waals surface area contributed by atoms with E-state index in [0.717, 1.165) is 0 Å². The molecule has 5 nitrogen and oxygen atoms in total. The second-order valence-electron chi connectivity index (χ2n) is 1.75. The van der Waals surface area contributed by atoms with Gasteiger partial charge < -0.3 is 16.2 Å². The van der Waals surface area contributed by atoms with Gasteiger partial charge in [0.25, 0.3) is 0 Å². The van der Waals surface area contributed by atoms with Crippen LogP contribution in [0.1, 0.15) is 7.79 Å². The Morgan fingerprint density at radius 3 is 2.90 bits per heavy atom.